The van der Waals surface area contributed by atoms with Gasteiger partial charge in [0.05, 0.1) is 5.56 Å². The van der Waals surface area contributed by atoms with Gasteiger partial charge < -0.3 is 10.6 Å². The van der Waals surface area contributed by atoms with Gasteiger partial charge in [0, 0.05) is 25.3 Å². The Balaban J connectivity index is 0.00000200. The van der Waals surface area contributed by atoms with Gasteiger partial charge in [-0.2, -0.15) is 13.2 Å². The fourth-order valence-electron chi connectivity index (χ4n) is 2.62. The van der Waals surface area contributed by atoms with Crippen molar-refractivity contribution < 1.29 is 13.2 Å². The second-order valence-corrected chi connectivity index (χ2v) is 5.24. The molecule has 1 aromatic carbocycles. The number of nitrogens with zero attached hydrogens (tertiary/aromatic N) is 1. The van der Waals surface area contributed by atoms with Gasteiger partial charge in [-0.15, -0.1) is 24.8 Å². The van der Waals surface area contributed by atoms with Crippen molar-refractivity contribution >= 4 is 30.5 Å². The van der Waals surface area contributed by atoms with E-state index in [0.717, 1.165) is 37.6 Å². The van der Waals surface area contributed by atoms with E-state index in [2.05, 4.69) is 6.92 Å². The van der Waals surface area contributed by atoms with E-state index in [4.69, 9.17) is 5.73 Å². The van der Waals surface area contributed by atoms with Gasteiger partial charge in [-0.1, -0.05) is 13.0 Å². The van der Waals surface area contributed by atoms with Crippen LogP contribution in [0.4, 0.5) is 18.9 Å². The fourth-order valence-corrected chi connectivity index (χ4v) is 2.62. The lowest BCUT2D eigenvalue weighted by molar-refractivity contribution is -0.137. The highest BCUT2D eigenvalue weighted by atomic mass is 35.5. The maximum atomic E-state index is 12.8. The van der Waals surface area contributed by atoms with E-state index < -0.39 is 11.7 Å². The average molecular weight is 345 g/mol. The predicted molar refractivity (Wildman–Crippen MR) is 84.4 cm³/mol. The van der Waals surface area contributed by atoms with E-state index in [-0.39, 0.29) is 31.4 Å². The van der Waals surface area contributed by atoms with E-state index in [9.17, 15) is 13.2 Å². The first-order chi connectivity index (χ1) is 8.91. The highest BCUT2D eigenvalue weighted by molar-refractivity contribution is 5.85. The van der Waals surface area contributed by atoms with Gasteiger partial charge in [-0.25, -0.2) is 0 Å². The number of hydrogen-bond donors (Lipinski definition) is 1. The number of piperidine rings is 1. The molecular formula is C14H21Cl2F3N2. The van der Waals surface area contributed by atoms with Crippen LogP contribution in [0, 0.1) is 5.92 Å². The van der Waals surface area contributed by atoms with Crippen molar-refractivity contribution in [2.75, 3.05) is 18.0 Å². The first kappa shape index (κ1) is 20.3. The molecule has 1 heterocycles. The number of nitrogens with two attached hydrogens (primary N) is 1. The molecule has 0 amide bonds. The third-order valence-electron chi connectivity index (χ3n) is 3.63. The number of rotatable bonds is 2. The Morgan fingerprint density at radius 1 is 1.29 bits per heavy atom. The predicted octanol–water partition coefficient (Wildman–Crippen LogP) is 4.24. The van der Waals surface area contributed by atoms with E-state index in [1.807, 2.05) is 4.90 Å². The lowest BCUT2D eigenvalue weighted by atomic mass is 9.98. The van der Waals surface area contributed by atoms with Crippen molar-refractivity contribution in [2.24, 2.45) is 11.7 Å². The maximum Gasteiger partial charge on any atom is 0.416 e. The highest BCUT2D eigenvalue weighted by Gasteiger charge is 2.31. The summed E-state index contributed by atoms with van der Waals surface area (Å²) < 4.78 is 38.4. The molecule has 2 N–H and O–H groups in total. The Morgan fingerprint density at radius 2 is 1.95 bits per heavy atom. The Hall–Kier alpha value is -0.650. The zero-order valence-corrected chi connectivity index (χ0v) is 13.5. The summed E-state index contributed by atoms with van der Waals surface area (Å²) in [6.45, 7) is 3.99. The number of hydrogen-bond acceptors (Lipinski definition) is 2. The lowest BCUT2D eigenvalue weighted by Crippen LogP contribution is -2.35. The summed E-state index contributed by atoms with van der Waals surface area (Å²) in [7, 11) is 0. The van der Waals surface area contributed by atoms with Gasteiger partial charge in [0.2, 0.25) is 0 Å². The molecule has 0 aliphatic carbocycles. The molecule has 0 aromatic heterocycles. The summed E-state index contributed by atoms with van der Waals surface area (Å²) in [6.07, 6.45) is -2.15. The molecule has 0 bridgehead atoms. The van der Waals surface area contributed by atoms with Crippen LogP contribution in [-0.4, -0.2) is 13.1 Å². The molecule has 0 spiro atoms. The number of alkyl halides is 3. The molecule has 1 unspecified atom stereocenters. The largest absolute Gasteiger partial charge is 0.416 e. The Morgan fingerprint density at radius 3 is 2.48 bits per heavy atom. The van der Waals surface area contributed by atoms with Crippen LogP contribution in [0.25, 0.3) is 0 Å². The van der Waals surface area contributed by atoms with Crippen molar-refractivity contribution in [1.29, 1.82) is 0 Å². The molecular weight excluding hydrogens is 324 g/mol. The first-order valence-corrected chi connectivity index (χ1v) is 6.57. The van der Waals surface area contributed by atoms with Gasteiger partial charge in [-0.3, -0.25) is 0 Å². The second-order valence-electron chi connectivity index (χ2n) is 5.24. The summed E-state index contributed by atoms with van der Waals surface area (Å²) >= 11 is 0. The monoisotopic (exact) mass is 344 g/mol. The topological polar surface area (TPSA) is 29.3 Å². The third-order valence-corrected chi connectivity index (χ3v) is 3.63. The Bertz CT molecular complexity index is 452. The van der Waals surface area contributed by atoms with Crippen LogP contribution in [0.1, 0.15) is 30.9 Å². The zero-order chi connectivity index (χ0) is 14.0. The molecule has 2 nitrogen and oxygen atoms in total. The van der Waals surface area contributed by atoms with Gasteiger partial charge in [-0.05, 0) is 36.5 Å². The zero-order valence-electron chi connectivity index (χ0n) is 11.8. The summed E-state index contributed by atoms with van der Waals surface area (Å²) in [6, 6.07) is 3.84. The second kappa shape index (κ2) is 8.11. The van der Waals surface area contributed by atoms with Crippen LogP contribution in [0.5, 0.6) is 0 Å². The fraction of sp³-hybridized carbons (Fsp3) is 0.571. The standard InChI is InChI=1S/C14H19F3N2.2ClH/c1-10-3-2-6-19(9-10)13-7-12(14(15,16)17)5-4-11(13)8-18;;/h4-5,7,10H,2-3,6,8-9,18H2,1H3;2*1H. The maximum absolute atomic E-state index is 12.8. The van der Waals surface area contributed by atoms with Gasteiger partial charge in [0.25, 0.3) is 0 Å². The summed E-state index contributed by atoms with van der Waals surface area (Å²) in [4.78, 5) is 2.03. The molecule has 0 radical (unpaired) electrons. The molecule has 21 heavy (non-hydrogen) atoms. The summed E-state index contributed by atoms with van der Waals surface area (Å²) in [5.74, 6) is 0.508. The number of halogens is 5. The average Bonchev–Trinajstić information content (AvgIpc) is 2.37. The Labute approximate surface area is 135 Å². The molecule has 2 rings (SSSR count). The molecule has 7 heteroatoms. The van der Waals surface area contributed by atoms with E-state index in [1.165, 1.54) is 12.1 Å². The minimum Gasteiger partial charge on any atom is -0.371 e. The molecule has 122 valence electrons. The minimum absolute atomic E-state index is 0. The molecule has 0 saturated carbocycles. The normalized spacial score (nSPS) is 18.7. The number of anilines is 1. The van der Waals surface area contributed by atoms with Crippen molar-refractivity contribution in [1.82, 2.24) is 0 Å². The minimum atomic E-state index is -4.30. The van der Waals surface area contributed by atoms with Crippen molar-refractivity contribution in [2.45, 2.75) is 32.5 Å². The molecule has 1 aromatic rings. The lowest BCUT2D eigenvalue weighted by Gasteiger charge is -2.34. The highest BCUT2D eigenvalue weighted by Crippen LogP contribution is 2.34. The van der Waals surface area contributed by atoms with Crippen LogP contribution in [0.15, 0.2) is 18.2 Å². The van der Waals surface area contributed by atoms with Crippen molar-refractivity contribution in [3.8, 4) is 0 Å². The molecule has 1 fully saturated rings. The van der Waals surface area contributed by atoms with Gasteiger partial charge in [0.1, 0.15) is 0 Å². The molecule has 1 aliphatic rings. The van der Waals surface area contributed by atoms with Crippen LogP contribution < -0.4 is 10.6 Å². The van der Waals surface area contributed by atoms with Crippen LogP contribution in [-0.2, 0) is 12.7 Å². The van der Waals surface area contributed by atoms with Gasteiger partial charge in [0.15, 0.2) is 0 Å². The van der Waals surface area contributed by atoms with Crippen molar-refractivity contribution in [3.05, 3.63) is 29.3 Å². The Kier molecular flexibility index (Phi) is 7.86. The molecule has 1 saturated heterocycles. The van der Waals surface area contributed by atoms with E-state index in [1.54, 1.807) is 0 Å². The van der Waals surface area contributed by atoms with E-state index >= 15 is 0 Å². The van der Waals surface area contributed by atoms with Gasteiger partial charge >= 0.3 is 6.18 Å². The summed E-state index contributed by atoms with van der Waals surface area (Å²) in [5, 5.41) is 0. The summed E-state index contributed by atoms with van der Waals surface area (Å²) in [5.41, 5.74) is 6.47. The van der Waals surface area contributed by atoms with Crippen LogP contribution >= 0.6 is 24.8 Å². The quantitative estimate of drug-likeness (QED) is 0.869. The molecule has 1 aliphatic heterocycles. The number of benzene rings is 1. The van der Waals surface area contributed by atoms with Crippen LogP contribution in [0.3, 0.4) is 0 Å². The molecule has 1 atom stereocenters. The first-order valence-electron chi connectivity index (χ1n) is 6.57. The smallest absolute Gasteiger partial charge is 0.371 e. The third kappa shape index (κ3) is 4.94. The van der Waals surface area contributed by atoms with Crippen LogP contribution in [0.2, 0.25) is 0 Å². The SMILES string of the molecule is CC1CCCN(c2cc(C(F)(F)F)ccc2CN)C1.Cl.Cl. The van der Waals surface area contributed by atoms with E-state index in [0.29, 0.717) is 11.6 Å². The van der Waals surface area contributed by atoms with Crippen molar-refractivity contribution in [3.63, 3.8) is 0 Å².